The molecule has 0 unspecified atom stereocenters. The Balaban J connectivity index is 2.60. The second kappa shape index (κ2) is 3.84. The van der Waals surface area contributed by atoms with Gasteiger partial charge in [-0.05, 0) is 12.5 Å². The predicted molar refractivity (Wildman–Crippen MR) is 40.0 cm³/mol. The monoisotopic (exact) mass is 153 g/mol. The second-order valence-corrected chi connectivity index (χ2v) is 2.28. The Hall–Kier alpha value is -1.21. The summed E-state index contributed by atoms with van der Waals surface area (Å²) >= 11 is 0. The maximum absolute atomic E-state index is 8.58. The van der Waals surface area contributed by atoms with Gasteiger partial charge in [0.25, 0.3) is 0 Å². The highest BCUT2D eigenvalue weighted by molar-refractivity contribution is 5.02. The van der Waals surface area contributed by atoms with Crippen LogP contribution in [0.25, 0.3) is 0 Å². The van der Waals surface area contributed by atoms with E-state index < -0.39 is 0 Å². The van der Waals surface area contributed by atoms with Crippen LogP contribution >= 0.6 is 0 Å². The van der Waals surface area contributed by atoms with Crippen LogP contribution in [0.3, 0.4) is 0 Å². The Kier molecular flexibility index (Phi) is 2.75. The van der Waals surface area contributed by atoms with E-state index in [1.807, 2.05) is 12.3 Å². The Morgan fingerprint density at radius 2 is 2.45 bits per heavy atom. The van der Waals surface area contributed by atoms with Crippen molar-refractivity contribution in [2.24, 2.45) is 5.73 Å². The van der Waals surface area contributed by atoms with Gasteiger partial charge in [0.15, 0.2) is 6.19 Å². The average molecular weight is 153 g/mol. The fraction of sp³-hybridized carbons (Fsp3) is 0.571. The van der Waals surface area contributed by atoms with Gasteiger partial charge in [-0.2, -0.15) is 5.26 Å². The van der Waals surface area contributed by atoms with Crippen LogP contribution in [0.2, 0.25) is 0 Å². The van der Waals surface area contributed by atoms with Crippen LogP contribution in [0.1, 0.15) is 6.42 Å². The molecule has 0 aliphatic carbocycles. The second-order valence-electron chi connectivity index (χ2n) is 2.28. The standard InChI is InChI=1S/C7H11N3O/c8-6-10-3-5-11-4-1-2-7(10)9/h2H,1,3-5,9H2/b7-2-. The van der Waals surface area contributed by atoms with Crippen LogP contribution in [0.15, 0.2) is 11.9 Å². The molecule has 0 amide bonds. The molecule has 0 fully saturated rings. The Labute approximate surface area is 65.8 Å². The number of nitrogens with zero attached hydrogens (tertiary/aromatic N) is 2. The number of rotatable bonds is 0. The lowest BCUT2D eigenvalue weighted by Gasteiger charge is -2.17. The lowest BCUT2D eigenvalue weighted by molar-refractivity contribution is 0.122. The Bertz CT molecular complexity index is 194. The molecular formula is C7H11N3O. The molecule has 0 saturated heterocycles. The Morgan fingerprint density at radius 3 is 3.18 bits per heavy atom. The van der Waals surface area contributed by atoms with Gasteiger partial charge in [0.2, 0.25) is 0 Å². The molecule has 0 aromatic heterocycles. The highest BCUT2D eigenvalue weighted by Gasteiger charge is 2.06. The van der Waals surface area contributed by atoms with Gasteiger partial charge in [0, 0.05) is 0 Å². The summed E-state index contributed by atoms with van der Waals surface area (Å²) in [6, 6.07) is 0. The summed E-state index contributed by atoms with van der Waals surface area (Å²) in [6.45, 7) is 1.82. The van der Waals surface area contributed by atoms with Crippen LogP contribution in [0.5, 0.6) is 0 Å². The molecule has 1 aliphatic heterocycles. The first-order valence-corrected chi connectivity index (χ1v) is 3.55. The number of nitrogens with two attached hydrogens (primary N) is 1. The molecule has 0 spiro atoms. The molecule has 0 aromatic rings. The van der Waals surface area contributed by atoms with Gasteiger partial charge < -0.3 is 10.5 Å². The number of hydrogen-bond donors (Lipinski definition) is 1. The van der Waals surface area contributed by atoms with E-state index >= 15 is 0 Å². The summed E-state index contributed by atoms with van der Waals surface area (Å²) in [5.41, 5.74) is 5.57. The average Bonchev–Trinajstić information content (AvgIpc) is 1.98. The van der Waals surface area contributed by atoms with Crippen molar-refractivity contribution in [2.45, 2.75) is 6.42 Å². The highest BCUT2D eigenvalue weighted by atomic mass is 16.5. The van der Waals surface area contributed by atoms with E-state index in [9.17, 15) is 0 Å². The third kappa shape index (κ3) is 2.13. The molecule has 0 aromatic carbocycles. The van der Waals surface area contributed by atoms with Gasteiger partial charge in [-0.15, -0.1) is 0 Å². The van der Waals surface area contributed by atoms with E-state index in [2.05, 4.69) is 0 Å². The van der Waals surface area contributed by atoms with E-state index in [4.69, 9.17) is 15.7 Å². The summed E-state index contributed by atoms with van der Waals surface area (Å²) in [6.07, 6.45) is 4.57. The molecule has 60 valence electrons. The summed E-state index contributed by atoms with van der Waals surface area (Å²) < 4.78 is 5.16. The van der Waals surface area contributed by atoms with Crippen molar-refractivity contribution < 1.29 is 4.74 Å². The molecule has 0 atom stereocenters. The zero-order valence-electron chi connectivity index (χ0n) is 6.29. The maximum Gasteiger partial charge on any atom is 0.185 e. The van der Waals surface area contributed by atoms with Crippen molar-refractivity contribution in [2.75, 3.05) is 19.8 Å². The third-order valence-electron chi connectivity index (χ3n) is 1.51. The molecule has 1 heterocycles. The van der Waals surface area contributed by atoms with Crippen LogP contribution in [0, 0.1) is 11.5 Å². The molecular weight excluding hydrogens is 142 g/mol. The van der Waals surface area contributed by atoms with Gasteiger partial charge in [0.05, 0.1) is 19.8 Å². The summed E-state index contributed by atoms with van der Waals surface area (Å²) in [5, 5.41) is 8.58. The van der Waals surface area contributed by atoms with E-state index in [1.165, 1.54) is 4.90 Å². The molecule has 0 saturated carbocycles. The predicted octanol–water partition coefficient (Wildman–Crippen LogP) is -0.0101. The summed E-state index contributed by atoms with van der Waals surface area (Å²) in [5.74, 6) is 0.538. The zero-order valence-corrected chi connectivity index (χ0v) is 6.29. The minimum Gasteiger partial charge on any atom is -0.385 e. The summed E-state index contributed by atoms with van der Waals surface area (Å²) in [7, 11) is 0. The minimum absolute atomic E-state index is 0.538. The van der Waals surface area contributed by atoms with Crippen molar-refractivity contribution in [1.29, 1.82) is 5.26 Å². The minimum atomic E-state index is 0.538. The molecule has 0 bridgehead atoms. The highest BCUT2D eigenvalue weighted by Crippen LogP contribution is 2.01. The van der Waals surface area contributed by atoms with Crippen LogP contribution < -0.4 is 5.73 Å². The van der Waals surface area contributed by atoms with Crippen molar-refractivity contribution >= 4 is 0 Å². The van der Waals surface area contributed by atoms with Gasteiger partial charge in [-0.1, -0.05) is 0 Å². The molecule has 4 heteroatoms. The molecule has 11 heavy (non-hydrogen) atoms. The normalized spacial score (nSPS) is 24.3. The molecule has 1 rings (SSSR count). The number of ether oxygens (including phenoxy) is 1. The van der Waals surface area contributed by atoms with E-state index in [0.717, 1.165) is 6.42 Å². The van der Waals surface area contributed by atoms with Gasteiger partial charge >= 0.3 is 0 Å². The van der Waals surface area contributed by atoms with Crippen molar-refractivity contribution in [3.63, 3.8) is 0 Å². The van der Waals surface area contributed by atoms with Crippen molar-refractivity contribution in [3.05, 3.63) is 11.9 Å². The fourth-order valence-electron chi connectivity index (χ4n) is 0.895. The first-order valence-electron chi connectivity index (χ1n) is 3.55. The largest absolute Gasteiger partial charge is 0.385 e. The quantitative estimate of drug-likeness (QED) is 0.497. The summed E-state index contributed by atoms with van der Waals surface area (Å²) in [4.78, 5) is 1.43. The molecule has 4 nitrogen and oxygen atoms in total. The molecule has 2 N–H and O–H groups in total. The first kappa shape index (κ1) is 7.89. The zero-order chi connectivity index (χ0) is 8.10. The van der Waals surface area contributed by atoms with Gasteiger partial charge in [-0.3, -0.25) is 4.90 Å². The maximum atomic E-state index is 8.58. The topological polar surface area (TPSA) is 62.3 Å². The van der Waals surface area contributed by atoms with E-state index in [1.54, 1.807) is 0 Å². The van der Waals surface area contributed by atoms with Gasteiger partial charge in [0.1, 0.15) is 5.82 Å². The lowest BCUT2D eigenvalue weighted by atomic mass is 10.3. The van der Waals surface area contributed by atoms with Gasteiger partial charge in [-0.25, -0.2) is 0 Å². The van der Waals surface area contributed by atoms with Crippen LogP contribution in [-0.4, -0.2) is 24.7 Å². The number of hydrogen-bond acceptors (Lipinski definition) is 4. The van der Waals surface area contributed by atoms with Crippen molar-refractivity contribution in [1.82, 2.24) is 4.90 Å². The fourth-order valence-corrected chi connectivity index (χ4v) is 0.895. The number of nitriles is 1. The van der Waals surface area contributed by atoms with E-state index in [0.29, 0.717) is 25.6 Å². The van der Waals surface area contributed by atoms with Crippen LogP contribution in [-0.2, 0) is 4.74 Å². The Morgan fingerprint density at radius 1 is 1.64 bits per heavy atom. The SMILES string of the molecule is N#CN1CCOCC/C=C\1N. The molecule has 0 radical (unpaired) electrons. The molecule has 1 aliphatic rings. The van der Waals surface area contributed by atoms with E-state index in [-0.39, 0.29) is 0 Å². The lowest BCUT2D eigenvalue weighted by Crippen LogP contribution is -2.28. The first-order chi connectivity index (χ1) is 5.34. The third-order valence-corrected chi connectivity index (χ3v) is 1.51. The van der Waals surface area contributed by atoms with Crippen molar-refractivity contribution in [3.8, 4) is 6.19 Å². The van der Waals surface area contributed by atoms with Crippen LogP contribution in [0.4, 0.5) is 0 Å². The smallest absolute Gasteiger partial charge is 0.185 e.